The van der Waals surface area contributed by atoms with Gasteiger partial charge in [0.1, 0.15) is 5.75 Å². The number of aromatic hydroxyl groups is 1. The van der Waals surface area contributed by atoms with Crippen LogP contribution in [0.2, 0.25) is 18.1 Å². The largest absolute Gasteiger partial charge is 0.508 e. The monoisotopic (exact) mass is 602 g/mol. The van der Waals surface area contributed by atoms with E-state index in [0.717, 1.165) is 37.8 Å². The van der Waals surface area contributed by atoms with Gasteiger partial charge in [0.05, 0.1) is 6.61 Å². The molecule has 3 aromatic rings. The van der Waals surface area contributed by atoms with E-state index in [1.54, 1.807) is 6.07 Å². The Kier molecular flexibility index (Phi) is 10.9. The first-order valence-electron chi connectivity index (χ1n) is 15.7. The first kappa shape index (κ1) is 32.9. The summed E-state index contributed by atoms with van der Waals surface area (Å²) in [6.07, 6.45) is 4.67. The van der Waals surface area contributed by atoms with E-state index < -0.39 is 8.32 Å². The average molecular weight is 603 g/mol. The second kappa shape index (κ2) is 14.2. The maximum Gasteiger partial charge on any atom is 0.220 e. The van der Waals surface area contributed by atoms with Crippen LogP contribution in [0.1, 0.15) is 72.9 Å². The lowest BCUT2D eigenvalue weighted by Crippen LogP contribution is -2.41. The first-order chi connectivity index (χ1) is 20.3. The molecule has 0 unspecified atom stereocenters. The molecule has 0 saturated heterocycles. The molecule has 1 aliphatic rings. The fraction of sp³-hybridized carbons (Fsp3) is 0.472. The smallest absolute Gasteiger partial charge is 0.220 e. The van der Waals surface area contributed by atoms with Crippen molar-refractivity contribution < 1.29 is 19.8 Å². The van der Waals surface area contributed by atoms with Crippen molar-refractivity contribution in [3.8, 4) is 5.75 Å². The number of amides is 1. The maximum atomic E-state index is 12.7. The van der Waals surface area contributed by atoms with E-state index in [1.807, 2.05) is 25.2 Å². The van der Waals surface area contributed by atoms with Crippen molar-refractivity contribution in [2.24, 2.45) is 0 Å². The minimum absolute atomic E-state index is 0.101. The van der Waals surface area contributed by atoms with Gasteiger partial charge in [0.15, 0.2) is 8.32 Å². The first-order valence-corrected chi connectivity index (χ1v) is 18.6. The lowest BCUT2D eigenvalue weighted by atomic mass is 9.88. The molecule has 2 atom stereocenters. The van der Waals surface area contributed by atoms with Crippen LogP contribution in [0.4, 0.5) is 0 Å². The van der Waals surface area contributed by atoms with Gasteiger partial charge in [-0.2, -0.15) is 0 Å². The van der Waals surface area contributed by atoms with Crippen LogP contribution in [0.3, 0.4) is 0 Å². The minimum Gasteiger partial charge on any atom is -0.508 e. The molecule has 4 rings (SSSR count). The topological polar surface area (TPSA) is 102 Å². The molecule has 6 nitrogen and oxygen atoms in total. The summed E-state index contributed by atoms with van der Waals surface area (Å²) < 4.78 is 0. The molecule has 5 N–H and O–H groups in total. The number of nitrogens with one attached hydrogen (secondary N) is 2. The Labute approximate surface area is 258 Å². The molecule has 0 bridgehead atoms. The van der Waals surface area contributed by atoms with Crippen LogP contribution in [-0.2, 0) is 37.1 Å². The van der Waals surface area contributed by atoms with E-state index in [1.165, 1.54) is 22.3 Å². The number of phenols is 1. The van der Waals surface area contributed by atoms with Gasteiger partial charge in [0.2, 0.25) is 5.91 Å². The van der Waals surface area contributed by atoms with Gasteiger partial charge in [-0.05, 0) is 103 Å². The number of fused-ring (bicyclic) bond motifs is 1. The number of carbonyl (C=O) groups excluding carboxylic acids is 1. The van der Waals surface area contributed by atoms with Crippen molar-refractivity contribution in [3.05, 3.63) is 100 Å². The van der Waals surface area contributed by atoms with Gasteiger partial charge in [-0.3, -0.25) is 4.79 Å². The van der Waals surface area contributed by atoms with E-state index in [0.29, 0.717) is 18.4 Å². The molecule has 0 aliphatic heterocycles. The highest BCUT2D eigenvalue weighted by atomic mass is 28.4. The number of aliphatic hydroxyl groups excluding tert-OH is 1. The van der Waals surface area contributed by atoms with E-state index in [2.05, 4.69) is 79.9 Å². The fourth-order valence-corrected chi connectivity index (χ4v) is 6.81. The third-order valence-corrected chi connectivity index (χ3v) is 13.0. The molecule has 0 spiro atoms. The minimum atomic E-state index is -2.43. The highest BCUT2D eigenvalue weighted by molar-refractivity contribution is 6.72. The zero-order valence-electron chi connectivity index (χ0n) is 26.5. The van der Waals surface area contributed by atoms with Crippen LogP contribution < -0.4 is 10.6 Å². The molecule has 43 heavy (non-hydrogen) atoms. The summed E-state index contributed by atoms with van der Waals surface area (Å²) in [7, 11) is -2.43. The Morgan fingerprint density at radius 2 is 1.67 bits per heavy atom. The normalized spacial score (nSPS) is 15.2. The molecule has 232 valence electrons. The van der Waals surface area contributed by atoms with Gasteiger partial charge < -0.3 is 25.6 Å². The number of rotatable bonds is 14. The zero-order valence-corrected chi connectivity index (χ0v) is 27.5. The molecule has 0 fully saturated rings. The Morgan fingerprint density at radius 1 is 1.00 bits per heavy atom. The molecule has 0 saturated carbocycles. The van der Waals surface area contributed by atoms with Gasteiger partial charge in [-0.25, -0.2) is 0 Å². The maximum absolute atomic E-state index is 12.7. The Bertz CT molecular complexity index is 1360. The molecule has 1 aliphatic carbocycles. The predicted octanol–water partition coefficient (Wildman–Crippen LogP) is 5.77. The van der Waals surface area contributed by atoms with E-state index in [-0.39, 0.29) is 41.3 Å². The SMILES string of the molecule is C[C@H](Cc1cccc(CCC(=O)NC2Cc3ccccc3C2)c1)NC[C@H](CC(C)(C)[Si](C)(C)O)c1ccc(O)c(CO)c1. The van der Waals surface area contributed by atoms with Crippen LogP contribution in [0.5, 0.6) is 5.75 Å². The third-order valence-electron chi connectivity index (χ3n) is 9.46. The van der Waals surface area contributed by atoms with E-state index in [4.69, 9.17) is 0 Å². The van der Waals surface area contributed by atoms with Crippen LogP contribution in [0.15, 0.2) is 66.7 Å². The van der Waals surface area contributed by atoms with Gasteiger partial charge in [0.25, 0.3) is 0 Å². The Hall–Kier alpha value is -2.97. The molecule has 3 aromatic carbocycles. The van der Waals surface area contributed by atoms with Gasteiger partial charge in [-0.15, -0.1) is 0 Å². The summed E-state index contributed by atoms with van der Waals surface area (Å²) in [5, 5.41) is 26.6. The molecular formula is C36H50N2O4Si. The van der Waals surface area contributed by atoms with E-state index >= 15 is 0 Å². The molecule has 7 heteroatoms. The summed E-state index contributed by atoms with van der Waals surface area (Å²) in [4.78, 5) is 23.7. The number of carbonyl (C=O) groups is 1. The zero-order chi connectivity index (χ0) is 31.2. The number of aliphatic hydroxyl groups is 1. The lowest BCUT2D eigenvalue weighted by Gasteiger charge is -2.38. The van der Waals surface area contributed by atoms with Gasteiger partial charge in [-0.1, -0.05) is 68.4 Å². The number of hydrogen-bond acceptors (Lipinski definition) is 5. The fourth-order valence-electron chi connectivity index (χ4n) is 6.06. The van der Waals surface area contributed by atoms with Crippen molar-refractivity contribution in [3.63, 3.8) is 0 Å². The van der Waals surface area contributed by atoms with Crippen molar-refractivity contribution in [1.82, 2.24) is 10.6 Å². The highest BCUT2D eigenvalue weighted by Gasteiger charge is 2.40. The molecule has 0 heterocycles. The number of benzene rings is 3. The standard InChI is InChI=1S/C36H50N2O4Si/c1-25(37-23-32(22-36(2,3)43(4,5)42)30-14-15-34(40)31(19-30)24-39)17-27-10-8-9-26(18-27)13-16-35(41)38-33-20-28-11-6-7-12-29(28)21-33/h6-12,14-15,18-19,25,32-33,37,39-40,42H,13,16-17,20-24H2,1-5H3,(H,38,41)/t25-,32+/m1/s1. The Morgan fingerprint density at radius 3 is 2.33 bits per heavy atom. The molecule has 0 radical (unpaired) electrons. The van der Waals surface area contributed by atoms with Crippen LogP contribution in [0, 0.1) is 0 Å². The van der Waals surface area contributed by atoms with Crippen molar-refractivity contribution in [2.75, 3.05) is 6.54 Å². The third kappa shape index (κ3) is 9.02. The lowest BCUT2D eigenvalue weighted by molar-refractivity contribution is -0.121. The van der Waals surface area contributed by atoms with E-state index in [9.17, 15) is 19.8 Å². The molecule has 1 amide bonds. The van der Waals surface area contributed by atoms with Crippen molar-refractivity contribution in [1.29, 1.82) is 0 Å². The van der Waals surface area contributed by atoms with Crippen molar-refractivity contribution >= 4 is 14.2 Å². The van der Waals surface area contributed by atoms with Crippen LogP contribution >= 0.6 is 0 Å². The summed E-state index contributed by atoms with van der Waals surface area (Å²) in [6, 6.07) is 22.9. The average Bonchev–Trinajstić information content (AvgIpc) is 3.36. The van der Waals surface area contributed by atoms with Gasteiger partial charge in [0, 0.05) is 30.6 Å². The molecular weight excluding hydrogens is 552 g/mol. The predicted molar refractivity (Wildman–Crippen MR) is 177 cm³/mol. The van der Waals surface area contributed by atoms with Gasteiger partial charge >= 0.3 is 0 Å². The van der Waals surface area contributed by atoms with Crippen molar-refractivity contribution in [2.45, 2.75) is 102 Å². The number of aryl methyl sites for hydroxylation is 1. The summed E-state index contributed by atoms with van der Waals surface area (Å²) >= 11 is 0. The number of hydrogen-bond donors (Lipinski definition) is 5. The second-order valence-electron chi connectivity index (χ2n) is 13.7. The molecule has 0 aromatic heterocycles. The quantitative estimate of drug-likeness (QED) is 0.151. The summed E-state index contributed by atoms with van der Waals surface area (Å²) in [5.41, 5.74) is 6.66. The highest BCUT2D eigenvalue weighted by Crippen LogP contribution is 2.44. The summed E-state index contributed by atoms with van der Waals surface area (Å²) in [6.45, 7) is 10.9. The van der Waals surface area contributed by atoms with Crippen LogP contribution in [0.25, 0.3) is 0 Å². The summed E-state index contributed by atoms with van der Waals surface area (Å²) in [5.74, 6) is 0.323. The second-order valence-corrected chi connectivity index (χ2v) is 18.1. The Balaban J connectivity index is 1.32. The van der Waals surface area contributed by atoms with Crippen LogP contribution in [-0.4, -0.2) is 47.9 Å².